The van der Waals surface area contributed by atoms with E-state index in [-0.39, 0.29) is 17.6 Å². The Hall–Kier alpha value is -3.46. The number of hydrogen-bond acceptors (Lipinski definition) is 7. The maximum absolute atomic E-state index is 15.4. The molecule has 4 aliphatic rings. The molecule has 1 unspecified atom stereocenters. The maximum Gasteiger partial charge on any atom is 0.271 e. The normalized spacial score (nSPS) is 24.1. The number of pyridine rings is 2. The largest absolute Gasteiger partial charge is 0.475 e. The molecule has 1 amide bonds. The lowest BCUT2D eigenvalue weighted by molar-refractivity contribution is -0.127. The van der Waals surface area contributed by atoms with Crippen molar-refractivity contribution in [3.05, 3.63) is 46.9 Å². The van der Waals surface area contributed by atoms with Crippen LogP contribution in [0.3, 0.4) is 0 Å². The predicted octanol–water partition coefficient (Wildman–Crippen LogP) is 4.25. The number of ether oxygens (including phenoxy) is 2. The van der Waals surface area contributed by atoms with Crippen LogP contribution in [0.2, 0.25) is 0 Å². The third kappa shape index (κ3) is 3.11. The van der Waals surface area contributed by atoms with Crippen LogP contribution in [0.15, 0.2) is 24.4 Å². The van der Waals surface area contributed by atoms with Gasteiger partial charge in [0.05, 0.1) is 31.0 Å². The van der Waals surface area contributed by atoms with Gasteiger partial charge >= 0.3 is 0 Å². The van der Waals surface area contributed by atoms with Gasteiger partial charge in [-0.05, 0) is 48.1 Å². The molecule has 1 aromatic carbocycles. The highest BCUT2D eigenvalue weighted by Gasteiger charge is 2.57. The van der Waals surface area contributed by atoms with Crippen molar-refractivity contribution in [3.63, 3.8) is 0 Å². The van der Waals surface area contributed by atoms with Gasteiger partial charge in [0.15, 0.2) is 11.4 Å². The van der Waals surface area contributed by atoms with Crippen LogP contribution in [0.1, 0.15) is 55.3 Å². The molecule has 2 aromatic heterocycles. The van der Waals surface area contributed by atoms with Crippen molar-refractivity contribution in [2.45, 2.75) is 57.5 Å². The second kappa shape index (κ2) is 7.52. The lowest BCUT2D eigenvalue weighted by atomic mass is 9.89. The SMILES string of the molecule is C[C@H]1CCC(c2cc(F)c3c(c2)OC2(CC2)C(=O)N3C)N(c2cc3c4c(c(N)nc3cn2)COC4)C1. The Labute approximate surface area is 208 Å². The van der Waals surface area contributed by atoms with Crippen LogP contribution in [-0.4, -0.2) is 35.1 Å². The number of nitrogens with two attached hydrogens (primary N) is 1. The first kappa shape index (κ1) is 21.8. The van der Waals surface area contributed by atoms with Gasteiger partial charge in [-0.3, -0.25) is 4.79 Å². The molecule has 5 heterocycles. The number of nitrogen functional groups attached to an aromatic ring is 1. The molecule has 2 atom stereocenters. The highest BCUT2D eigenvalue weighted by molar-refractivity contribution is 6.04. The standard InChI is InChI=1S/C27H28FN5O3/c1-14-3-4-21(15-7-19(28)24-22(8-15)36-27(5-6-27)26(34)32(24)2)33(11-14)23-9-16-17-12-35-13-18(17)25(29)31-20(16)10-30-23/h7-10,14,21H,3-6,11-13H2,1-2H3,(H2,29,31)/t14-,21?/m0/s1. The molecule has 186 valence electrons. The number of carbonyl (C=O) groups is 1. The molecule has 36 heavy (non-hydrogen) atoms. The second-order valence-electron chi connectivity index (χ2n) is 10.7. The van der Waals surface area contributed by atoms with Gasteiger partial charge in [-0.25, -0.2) is 14.4 Å². The monoisotopic (exact) mass is 489 g/mol. The van der Waals surface area contributed by atoms with Crippen molar-refractivity contribution in [2.24, 2.45) is 5.92 Å². The Morgan fingerprint density at radius 3 is 2.78 bits per heavy atom. The Kier molecular flexibility index (Phi) is 4.55. The molecule has 1 spiro atoms. The van der Waals surface area contributed by atoms with Gasteiger partial charge in [0.2, 0.25) is 0 Å². The van der Waals surface area contributed by atoms with Gasteiger partial charge in [0, 0.05) is 37.4 Å². The average Bonchev–Trinajstić information content (AvgIpc) is 3.44. The van der Waals surface area contributed by atoms with E-state index in [2.05, 4.69) is 22.9 Å². The first-order chi connectivity index (χ1) is 17.3. The second-order valence-corrected chi connectivity index (χ2v) is 10.7. The molecule has 8 nitrogen and oxygen atoms in total. The molecule has 1 saturated carbocycles. The van der Waals surface area contributed by atoms with Crippen LogP contribution in [0.4, 0.5) is 21.7 Å². The summed E-state index contributed by atoms with van der Waals surface area (Å²) in [5, 5.41) is 0.995. The summed E-state index contributed by atoms with van der Waals surface area (Å²) in [5.74, 6) is 1.63. The van der Waals surface area contributed by atoms with Gasteiger partial charge in [-0.2, -0.15) is 0 Å². The van der Waals surface area contributed by atoms with Gasteiger partial charge in [0.25, 0.3) is 5.91 Å². The number of benzene rings is 1. The zero-order chi connectivity index (χ0) is 24.8. The smallest absolute Gasteiger partial charge is 0.271 e. The van der Waals surface area contributed by atoms with E-state index in [4.69, 9.17) is 20.2 Å². The fourth-order valence-corrected chi connectivity index (χ4v) is 6.05. The lowest BCUT2D eigenvalue weighted by Gasteiger charge is -2.41. The summed E-state index contributed by atoms with van der Waals surface area (Å²) in [6, 6.07) is 5.47. The maximum atomic E-state index is 15.4. The van der Waals surface area contributed by atoms with Crippen molar-refractivity contribution in [1.82, 2.24) is 9.97 Å². The zero-order valence-corrected chi connectivity index (χ0v) is 20.4. The van der Waals surface area contributed by atoms with Gasteiger partial charge in [-0.15, -0.1) is 0 Å². The zero-order valence-electron chi connectivity index (χ0n) is 20.4. The fourth-order valence-electron chi connectivity index (χ4n) is 6.05. The highest BCUT2D eigenvalue weighted by atomic mass is 19.1. The molecule has 1 aliphatic carbocycles. The minimum Gasteiger partial charge on any atom is -0.475 e. The third-order valence-electron chi connectivity index (χ3n) is 8.19. The molecular formula is C27H28FN5O3. The van der Waals surface area contributed by atoms with E-state index in [1.54, 1.807) is 19.3 Å². The number of fused-ring (bicyclic) bond motifs is 4. The number of halogens is 1. The van der Waals surface area contributed by atoms with E-state index >= 15 is 4.39 Å². The minimum atomic E-state index is -0.815. The van der Waals surface area contributed by atoms with Crippen molar-refractivity contribution in [3.8, 4) is 5.75 Å². The van der Waals surface area contributed by atoms with Crippen molar-refractivity contribution in [1.29, 1.82) is 0 Å². The number of nitrogens with zero attached hydrogens (tertiary/aromatic N) is 4. The molecule has 0 radical (unpaired) electrons. The lowest BCUT2D eigenvalue weighted by Crippen LogP contribution is -2.46. The summed E-state index contributed by atoms with van der Waals surface area (Å²) in [6.45, 7) is 4.00. The van der Waals surface area contributed by atoms with E-state index in [1.165, 1.54) is 4.90 Å². The van der Waals surface area contributed by atoms with E-state index < -0.39 is 11.4 Å². The Bertz CT molecular complexity index is 1440. The Morgan fingerprint density at radius 1 is 1.17 bits per heavy atom. The Morgan fingerprint density at radius 2 is 1.97 bits per heavy atom. The summed E-state index contributed by atoms with van der Waals surface area (Å²) >= 11 is 0. The topological polar surface area (TPSA) is 93.8 Å². The summed E-state index contributed by atoms with van der Waals surface area (Å²) in [6.07, 6.45) is 4.99. The summed E-state index contributed by atoms with van der Waals surface area (Å²) in [5.41, 5.74) is 9.15. The van der Waals surface area contributed by atoms with Gasteiger partial charge in [-0.1, -0.05) is 6.92 Å². The first-order valence-corrected chi connectivity index (χ1v) is 12.6. The molecule has 2 N–H and O–H groups in total. The molecule has 2 fully saturated rings. The third-order valence-corrected chi connectivity index (χ3v) is 8.19. The number of rotatable bonds is 2. The predicted molar refractivity (Wildman–Crippen MR) is 133 cm³/mol. The minimum absolute atomic E-state index is 0.0707. The van der Waals surface area contributed by atoms with E-state index in [9.17, 15) is 4.79 Å². The van der Waals surface area contributed by atoms with Gasteiger partial charge < -0.3 is 25.0 Å². The Balaban J connectivity index is 1.31. The number of hydrogen-bond donors (Lipinski definition) is 1. The van der Waals surface area contributed by atoms with Gasteiger partial charge in [0.1, 0.15) is 23.1 Å². The number of aromatic nitrogens is 2. The molecule has 0 bridgehead atoms. The fraction of sp³-hybridized carbons (Fsp3) is 0.444. The highest BCUT2D eigenvalue weighted by Crippen LogP contribution is 2.51. The molecule has 3 aromatic rings. The number of likely N-dealkylation sites (N-methyl/N-ethyl adjacent to an activating group) is 1. The first-order valence-electron chi connectivity index (χ1n) is 12.6. The number of amides is 1. The van der Waals surface area contributed by atoms with E-state index in [0.29, 0.717) is 43.5 Å². The van der Waals surface area contributed by atoms with Crippen LogP contribution < -0.4 is 20.3 Å². The van der Waals surface area contributed by atoms with Crippen LogP contribution in [0.5, 0.6) is 5.75 Å². The average molecular weight is 490 g/mol. The summed E-state index contributed by atoms with van der Waals surface area (Å²) < 4.78 is 27.2. The van der Waals surface area contributed by atoms with Crippen molar-refractivity contribution < 1.29 is 18.7 Å². The van der Waals surface area contributed by atoms with E-state index in [1.807, 2.05) is 6.07 Å². The molecule has 3 aliphatic heterocycles. The molecule has 9 heteroatoms. The summed E-state index contributed by atoms with van der Waals surface area (Å²) in [7, 11) is 1.63. The van der Waals surface area contributed by atoms with Crippen LogP contribution in [0, 0.1) is 11.7 Å². The molecular weight excluding hydrogens is 461 g/mol. The van der Waals surface area contributed by atoms with Crippen LogP contribution >= 0.6 is 0 Å². The van der Waals surface area contributed by atoms with Crippen molar-refractivity contribution in [2.75, 3.05) is 29.1 Å². The van der Waals surface area contributed by atoms with Crippen molar-refractivity contribution >= 4 is 34.1 Å². The van der Waals surface area contributed by atoms with Crippen LogP contribution in [0.25, 0.3) is 10.9 Å². The molecule has 7 rings (SSSR count). The number of carbonyl (C=O) groups excluding carboxylic acids is 1. The number of piperidine rings is 1. The van der Waals surface area contributed by atoms with Crippen LogP contribution in [-0.2, 0) is 22.7 Å². The van der Waals surface area contributed by atoms with E-state index in [0.717, 1.165) is 52.8 Å². The quantitative estimate of drug-likeness (QED) is 0.575. The molecule has 1 saturated heterocycles. The summed E-state index contributed by atoms with van der Waals surface area (Å²) in [4.78, 5) is 25.7. The number of anilines is 3.